The zero-order valence-electron chi connectivity index (χ0n) is 12.0. The molecule has 3 heterocycles. The van der Waals surface area contributed by atoms with Gasteiger partial charge >= 0.3 is 0 Å². The molecule has 6 heteroatoms. The highest BCUT2D eigenvalue weighted by Crippen LogP contribution is 2.39. The molecule has 3 fully saturated rings. The van der Waals surface area contributed by atoms with Crippen LogP contribution in [-0.4, -0.2) is 77.8 Å². The second-order valence-corrected chi connectivity index (χ2v) is 5.67. The van der Waals surface area contributed by atoms with Crippen molar-refractivity contribution in [3.8, 4) is 0 Å². The highest BCUT2D eigenvalue weighted by molar-refractivity contribution is 4.99. The zero-order valence-corrected chi connectivity index (χ0v) is 12.0. The van der Waals surface area contributed by atoms with Crippen LogP contribution in [0.2, 0.25) is 0 Å². The summed E-state index contributed by atoms with van der Waals surface area (Å²) in [5.74, 6) is 0. The molecule has 3 aliphatic heterocycles. The van der Waals surface area contributed by atoms with Gasteiger partial charge in [-0.05, 0) is 0 Å². The van der Waals surface area contributed by atoms with Gasteiger partial charge in [0.15, 0.2) is 0 Å². The smallest absolute Gasteiger partial charge is 0.0914 e. The van der Waals surface area contributed by atoms with Crippen molar-refractivity contribution in [2.45, 2.75) is 25.2 Å². The van der Waals surface area contributed by atoms with Crippen LogP contribution in [-0.2, 0) is 28.4 Å². The van der Waals surface area contributed by atoms with Crippen LogP contribution < -0.4 is 0 Å². The van der Waals surface area contributed by atoms with Crippen LogP contribution >= 0.6 is 0 Å². The van der Waals surface area contributed by atoms with Crippen molar-refractivity contribution in [2.24, 2.45) is 5.41 Å². The molecule has 0 aromatic rings. The van der Waals surface area contributed by atoms with Crippen molar-refractivity contribution in [3.05, 3.63) is 0 Å². The molecule has 20 heavy (non-hydrogen) atoms. The first-order valence-electron chi connectivity index (χ1n) is 7.40. The van der Waals surface area contributed by atoms with Gasteiger partial charge < -0.3 is 28.4 Å². The first kappa shape index (κ1) is 14.7. The molecule has 0 aromatic heterocycles. The lowest BCUT2D eigenvalue weighted by atomic mass is 9.73. The number of hydrogen-bond donors (Lipinski definition) is 0. The fourth-order valence-electron chi connectivity index (χ4n) is 3.16. The molecule has 3 aliphatic rings. The Morgan fingerprint density at radius 2 is 0.950 bits per heavy atom. The molecular formula is C14H24O6. The standard InChI is InChI=1S/C14H24O6/c1-14(11-8-15-2-5-18-11,12-9-16-3-6-19-12)13-10-17-4-7-20-13/h11-13H,2-10H2,1H3. The molecule has 0 aliphatic carbocycles. The van der Waals surface area contributed by atoms with E-state index < -0.39 is 0 Å². The SMILES string of the molecule is CC(C1COCCO1)(C1COCCO1)C1COCCO1. The normalized spacial score (nSPS) is 39.1. The summed E-state index contributed by atoms with van der Waals surface area (Å²) in [6, 6.07) is 0. The molecule has 0 N–H and O–H groups in total. The van der Waals surface area contributed by atoms with Crippen LogP contribution in [0.25, 0.3) is 0 Å². The summed E-state index contributed by atoms with van der Waals surface area (Å²) in [5.41, 5.74) is -0.332. The number of rotatable bonds is 3. The third kappa shape index (κ3) is 2.86. The Labute approximate surface area is 119 Å². The largest absolute Gasteiger partial charge is 0.376 e. The maximum Gasteiger partial charge on any atom is 0.0914 e. The second kappa shape index (κ2) is 6.68. The van der Waals surface area contributed by atoms with Crippen LogP contribution in [0, 0.1) is 5.41 Å². The summed E-state index contributed by atoms with van der Waals surface area (Å²) < 4.78 is 34.6. The third-order valence-corrected chi connectivity index (χ3v) is 4.53. The van der Waals surface area contributed by atoms with Gasteiger partial charge in [0.25, 0.3) is 0 Å². The number of ether oxygens (including phenoxy) is 6. The van der Waals surface area contributed by atoms with Crippen molar-refractivity contribution in [1.29, 1.82) is 0 Å². The molecule has 0 saturated carbocycles. The van der Waals surface area contributed by atoms with E-state index in [1.54, 1.807) is 0 Å². The van der Waals surface area contributed by atoms with Crippen LogP contribution in [0.3, 0.4) is 0 Å². The van der Waals surface area contributed by atoms with Gasteiger partial charge in [-0.1, -0.05) is 6.92 Å². The van der Waals surface area contributed by atoms with Gasteiger partial charge in [-0.15, -0.1) is 0 Å². The molecule has 3 rings (SSSR count). The van der Waals surface area contributed by atoms with Gasteiger partial charge in [0.05, 0.1) is 83.2 Å². The summed E-state index contributed by atoms with van der Waals surface area (Å²) in [6.07, 6.45) is -0.182. The van der Waals surface area contributed by atoms with Gasteiger partial charge in [0.2, 0.25) is 0 Å². The minimum absolute atomic E-state index is 0.0605. The van der Waals surface area contributed by atoms with Gasteiger partial charge in [0, 0.05) is 0 Å². The Morgan fingerprint density at radius 3 is 1.20 bits per heavy atom. The summed E-state index contributed by atoms with van der Waals surface area (Å²) in [7, 11) is 0. The van der Waals surface area contributed by atoms with E-state index >= 15 is 0 Å². The molecule has 3 unspecified atom stereocenters. The maximum absolute atomic E-state index is 5.95. The van der Waals surface area contributed by atoms with Crippen molar-refractivity contribution >= 4 is 0 Å². The number of hydrogen-bond acceptors (Lipinski definition) is 6. The van der Waals surface area contributed by atoms with E-state index in [4.69, 9.17) is 28.4 Å². The van der Waals surface area contributed by atoms with Crippen LogP contribution in [0.1, 0.15) is 6.92 Å². The quantitative estimate of drug-likeness (QED) is 0.741. The van der Waals surface area contributed by atoms with E-state index in [2.05, 4.69) is 6.92 Å². The van der Waals surface area contributed by atoms with Gasteiger partial charge in [-0.25, -0.2) is 0 Å². The molecule has 0 bridgehead atoms. The first-order valence-corrected chi connectivity index (χ1v) is 7.40. The minimum Gasteiger partial charge on any atom is -0.376 e. The summed E-state index contributed by atoms with van der Waals surface area (Å²) in [6.45, 7) is 7.63. The van der Waals surface area contributed by atoms with Gasteiger partial charge in [-0.2, -0.15) is 0 Å². The lowest BCUT2D eigenvalue weighted by Crippen LogP contribution is -2.61. The van der Waals surface area contributed by atoms with Crippen molar-refractivity contribution in [2.75, 3.05) is 59.5 Å². The monoisotopic (exact) mass is 288 g/mol. The average Bonchev–Trinajstić information content (AvgIpc) is 2.56. The Balaban J connectivity index is 1.79. The van der Waals surface area contributed by atoms with E-state index in [1.165, 1.54) is 0 Å². The molecule has 3 saturated heterocycles. The van der Waals surface area contributed by atoms with Crippen molar-refractivity contribution < 1.29 is 28.4 Å². The van der Waals surface area contributed by atoms with Crippen LogP contribution in [0.5, 0.6) is 0 Å². The fourth-order valence-corrected chi connectivity index (χ4v) is 3.16. The molecule has 0 aromatic carbocycles. The van der Waals surface area contributed by atoms with E-state index in [-0.39, 0.29) is 23.7 Å². The predicted octanol–water partition coefficient (Wildman–Crippen LogP) is 0.239. The Hall–Kier alpha value is -0.240. The average molecular weight is 288 g/mol. The zero-order chi connectivity index (χ0) is 13.8. The second-order valence-electron chi connectivity index (χ2n) is 5.67. The summed E-state index contributed by atoms with van der Waals surface area (Å²) in [5, 5.41) is 0. The predicted molar refractivity (Wildman–Crippen MR) is 69.8 cm³/mol. The molecule has 0 spiro atoms. The van der Waals surface area contributed by atoms with Crippen molar-refractivity contribution in [3.63, 3.8) is 0 Å². The fraction of sp³-hybridized carbons (Fsp3) is 1.00. The lowest BCUT2D eigenvalue weighted by molar-refractivity contribution is -0.257. The molecule has 116 valence electrons. The third-order valence-electron chi connectivity index (χ3n) is 4.53. The van der Waals surface area contributed by atoms with Crippen LogP contribution in [0.15, 0.2) is 0 Å². The first-order chi connectivity index (χ1) is 9.82. The Kier molecular flexibility index (Phi) is 4.91. The summed E-state index contributed by atoms with van der Waals surface area (Å²) in [4.78, 5) is 0. The minimum atomic E-state index is -0.332. The van der Waals surface area contributed by atoms with Gasteiger partial charge in [-0.3, -0.25) is 0 Å². The molecule has 0 radical (unpaired) electrons. The Bertz CT molecular complexity index is 246. The maximum atomic E-state index is 5.95. The van der Waals surface area contributed by atoms with Gasteiger partial charge in [0.1, 0.15) is 0 Å². The van der Waals surface area contributed by atoms with E-state index in [1.807, 2.05) is 0 Å². The summed E-state index contributed by atoms with van der Waals surface area (Å²) >= 11 is 0. The molecule has 6 nitrogen and oxygen atoms in total. The van der Waals surface area contributed by atoms with Crippen LogP contribution in [0.4, 0.5) is 0 Å². The Morgan fingerprint density at radius 1 is 0.600 bits per heavy atom. The molecular weight excluding hydrogens is 264 g/mol. The topological polar surface area (TPSA) is 55.4 Å². The van der Waals surface area contributed by atoms with Crippen molar-refractivity contribution in [1.82, 2.24) is 0 Å². The van der Waals surface area contributed by atoms with E-state index in [0.717, 1.165) is 0 Å². The highest BCUT2D eigenvalue weighted by atomic mass is 16.6. The highest BCUT2D eigenvalue weighted by Gasteiger charge is 2.51. The molecule has 3 atom stereocenters. The van der Waals surface area contributed by atoms with E-state index in [0.29, 0.717) is 59.5 Å². The lowest BCUT2D eigenvalue weighted by Gasteiger charge is -2.50. The van der Waals surface area contributed by atoms with E-state index in [9.17, 15) is 0 Å². The molecule has 0 amide bonds.